The highest BCUT2D eigenvalue weighted by Gasteiger charge is 2.25. The summed E-state index contributed by atoms with van der Waals surface area (Å²) in [6.45, 7) is 2.46. The van der Waals surface area contributed by atoms with Crippen molar-refractivity contribution in [3.05, 3.63) is 16.1 Å². The largest absolute Gasteiger partial charge is 0.390 e. The Hall–Kier alpha value is -0.620. The average Bonchev–Trinajstić information content (AvgIpc) is 2.49. The van der Waals surface area contributed by atoms with Crippen LogP contribution in [-0.4, -0.2) is 24.2 Å². The van der Waals surface area contributed by atoms with Crippen molar-refractivity contribution < 1.29 is 13.2 Å². The molecule has 0 saturated carbocycles. The summed E-state index contributed by atoms with van der Waals surface area (Å²) in [6.07, 6.45) is -4.09. The Balaban J connectivity index is 2.10. The van der Waals surface area contributed by atoms with Crippen LogP contribution < -0.4 is 5.32 Å². The minimum absolute atomic E-state index is 0.0125. The molecule has 1 aromatic rings. The number of alkyl halides is 3. The van der Waals surface area contributed by atoms with Crippen LogP contribution in [-0.2, 0) is 6.42 Å². The smallest absolute Gasteiger partial charge is 0.316 e. The molecule has 1 aromatic heterocycles. The lowest BCUT2D eigenvalue weighted by molar-refractivity contribution is -0.133. The number of halogens is 3. The van der Waals surface area contributed by atoms with Crippen LogP contribution in [0.4, 0.5) is 13.2 Å². The van der Waals surface area contributed by atoms with E-state index >= 15 is 0 Å². The third-order valence-corrected chi connectivity index (χ3v) is 2.95. The van der Waals surface area contributed by atoms with Crippen molar-refractivity contribution >= 4 is 11.3 Å². The molecule has 15 heavy (non-hydrogen) atoms. The molecule has 0 aromatic carbocycles. The van der Waals surface area contributed by atoms with Crippen LogP contribution in [0, 0.1) is 6.92 Å². The highest BCUT2D eigenvalue weighted by molar-refractivity contribution is 7.09. The quantitative estimate of drug-likeness (QED) is 0.797. The predicted molar refractivity (Wildman–Crippen MR) is 54.1 cm³/mol. The third kappa shape index (κ3) is 5.13. The van der Waals surface area contributed by atoms with E-state index in [2.05, 4.69) is 10.3 Å². The molecule has 6 heteroatoms. The normalized spacial score (nSPS) is 12.0. The maximum Gasteiger partial charge on any atom is 0.390 e. The fraction of sp³-hybridized carbons (Fsp3) is 0.667. The molecule has 0 bridgehead atoms. The Morgan fingerprint density at radius 2 is 2.13 bits per heavy atom. The number of rotatable bonds is 5. The first-order valence-corrected chi connectivity index (χ1v) is 5.53. The maximum atomic E-state index is 11.8. The lowest BCUT2D eigenvalue weighted by atomic mass is 10.3. The summed E-state index contributed by atoms with van der Waals surface area (Å²) in [7, 11) is 0. The zero-order valence-corrected chi connectivity index (χ0v) is 9.21. The van der Waals surface area contributed by atoms with E-state index < -0.39 is 12.6 Å². The first kappa shape index (κ1) is 12.4. The molecule has 2 nitrogen and oxygen atoms in total. The van der Waals surface area contributed by atoms with Gasteiger partial charge in [-0.05, 0) is 13.3 Å². The van der Waals surface area contributed by atoms with Crippen molar-refractivity contribution in [2.75, 3.05) is 13.1 Å². The van der Waals surface area contributed by atoms with Gasteiger partial charge in [0.25, 0.3) is 0 Å². The highest BCUT2D eigenvalue weighted by atomic mass is 32.1. The maximum absolute atomic E-state index is 11.8. The molecule has 1 rings (SSSR count). The summed E-state index contributed by atoms with van der Waals surface area (Å²) in [5, 5.41) is 2.77. The van der Waals surface area contributed by atoms with Crippen molar-refractivity contribution in [1.29, 1.82) is 0 Å². The van der Waals surface area contributed by atoms with Crippen LogP contribution in [0.15, 0.2) is 5.51 Å². The fourth-order valence-corrected chi connectivity index (χ4v) is 1.90. The first-order chi connectivity index (χ1) is 6.99. The molecule has 0 amide bonds. The average molecular weight is 238 g/mol. The summed E-state index contributed by atoms with van der Waals surface area (Å²) in [4.78, 5) is 5.20. The van der Waals surface area contributed by atoms with Gasteiger partial charge in [0.2, 0.25) is 0 Å². The summed E-state index contributed by atoms with van der Waals surface area (Å²) < 4.78 is 35.3. The molecule has 0 radical (unpaired) electrons. The van der Waals surface area contributed by atoms with Gasteiger partial charge in [-0.1, -0.05) is 0 Å². The Morgan fingerprint density at radius 3 is 2.67 bits per heavy atom. The number of nitrogens with one attached hydrogen (secondary N) is 1. The molecule has 1 heterocycles. The topological polar surface area (TPSA) is 24.9 Å². The van der Waals surface area contributed by atoms with Crippen molar-refractivity contribution in [3.63, 3.8) is 0 Å². The van der Waals surface area contributed by atoms with Gasteiger partial charge in [-0.3, -0.25) is 0 Å². The number of nitrogens with zero attached hydrogens (tertiary/aromatic N) is 1. The molecule has 0 unspecified atom stereocenters. The van der Waals surface area contributed by atoms with E-state index in [1.165, 1.54) is 11.3 Å². The van der Waals surface area contributed by atoms with Crippen molar-refractivity contribution in [1.82, 2.24) is 10.3 Å². The van der Waals surface area contributed by atoms with Gasteiger partial charge in [0, 0.05) is 18.0 Å². The zero-order valence-electron chi connectivity index (χ0n) is 8.40. The second-order valence-electron chi connectivity index (χ2n) is 3.23. The van der Waals surface area contributed by atoms with E-state index in [1.807, 2.05) is 6.92 Å². The van der Waals surface area contributed by atoms with Gasteiger partial charge in [-0.25, -0.2) is 4.98 Å². The molecule has 0 spiro atoms. The van der Waals surface area contributed by atoms with E-state index in [1.54, 1.807) is 5.51 Å². The van der Waals surface area contributed by atoms with Gasteiger partial charge in [0.05, 0.1) is 17.6 Å². The standard InChI is InChI=1S/C9H13F3N2S/c1-7-8(15-6-14-7)2-4-13-5-3-9(10,11)12/h6,13H,2-5H2,1H3. The van der Waals surface area contributed by atoms with Gasteiger partial charge in [0.1, 0.15) is 0 Å². The van der Waals surface area contributed by atoms with Crippen molar-refractivity contribution in [2.45, 2.75) is 25.9 Å². The second kappa shape index (κ2) is 5.46. The molecule has 0 aliphatic heterocycles. The summed E-state index contributed by atoms with van der Waals surface area (Å²) in [6, 6.07) is 0. The molecular weight excluding hydrogens is 225 g/mol. The fourth-order valence-electron chi connectivity index (χ4n) is 1.12. The SMILES string of the molecule is Cc1ncsc1CCNCCC(F)(F)F. The molecule has 1 N–H and O–H groups in total. The zero-order chi connectivity index (χ0) is 11.3. The van der Waals surface area contributed by atoms with Crippen molar-refractivity contribution in [2.24, 2.45) is 0 Å². The predicted octanol–water partition coefficient (Wildman–Crippen LogP) is 2.54. The Labute approximate surface area is 90.5 Å². The lowest BCUT2D eigenvalue weighted by Gasteiger charge is -2.06. The third-order valence-electron chi connectivity index (χ3n) is 1.96. The second-order valence-corrected chi connectivity index (χ2v) is 4.17. The minimum Gasteiger partial charge on any atom is -0.316 e. The number of hydrogen-bond acceptors (Lipinski definition) is 3. The highest BCUT2D eigenvalue weighted by Crippen LogP contribution is 2.18. The van der Waals surface area contributed by atoms with Crippen LogP contribution in [0.25, 0.3) is 0 Å². The number of aromatic nitrogens is 1. The monoisotopic (exact) mass is 238 g/mol. The van der Waals surface area contributed by atoms with Crippen LogP contribution >= 0.6 is 11.3 Å². The molecule has 0 fully saturated rings. The Kier molecular flexibility index (Phi) is 4.53. The van der Waals surface area contributed by atoms with Crippen LogP contribution in [0.2, 0.25) is 0 Å². The van der Waals surface area contributed by atoms with Crippen LogP contribution in [0.5, 0.6) is 0 Å². The van der Waals surface area contributed by atoms with Crippen LogP contribution in [0.1, 0.15) is 17.0 Å². The summed E-state index contributed by atoms with van der Waals surface area (Å²) >= 11 is 1.54. The number of hydrogen-bond donors (Lipinski definition) is 1. The Morgan fingerprint density at radius 1 is 1.40 bits per heavy atom. The van der Waals surface area contributed by atoms with Gasteiger partial charge >= 0.3 is 6.18 Å². The van der Waals surface area contributed by atoms with Gasteiger partial charge in [0.15, 0.2) is 0 Å². The van der Waals surface area contributed by atoms with E-state index in [0.717, 1.165) is 17.0 Å². The molecule has 0 aliphatic rings. The minimum atomic E-state index is -4.06. The molecule has 0 saturated heterocycles. The summed E-state index contributed by atoms with van der Waals surface area (Å²) in [5.41, 5.74) is 2.72. The van der Waals surface area contributed by atoms with Gasteiger partial charge < -0.3 is 5.32 Å². The van der Waals surface area contributed by atoms with E-state index in [0.29, 0.717) is 6.54 Å². The summed E-state index contributed by atoms with van der Waals surface area (Å²) in [5.74, 6) is 0. The lowest BCUT2D eigenvalue weighted by Crippen LogP contribution is -2.23. The molecular formula is C9H13F3N2S. The first-order valence-electron chi connectivity index (χ1n) is 4.65. The van der Waals surface area contributed by atoms with E-state index in [4.69, 9.17) is 0 Å². The van der Waals surface area contributed by atoms with E-state index in [9.17, 15) is 13.2 Å². The number of thiazole rings is 1. The van der Waals surface area contributed by atoms with E-state index in [-0.39, 0.29) is 6.54 Å². The van der Waals surface area contributed by atoms with Gasteiger partial charge in [-0.15, -0.1) is 11.3 Å². The Bertz CT molecular complexity index is 296. The van der Waals surface area contributed by atoms with Gasteiger partial charge in [-0.2, -0.15) is 13.2 Å². The van der Waals surface area contributed by atoms with Crippen molar-refractivity contribution in [3.8, 4) is 0 Å². The number of aryl methyl sites for hydroxylation is 1. The van der Waals surface area contributed by atoms with Crippen LogP contribution in [0.3, 0.4) is 0 Å². The molecule has 0 atom stereocenters. The molecule has 86 valence electrons. The molecule has 0 aliphatic carbocycles.